The Labute approximate surface area is 82.5 Å². The lowest BCUT2D eigenvalue weighted by Gasteiger charge is -2.01. The molecule has 0 amide bonds. The average molecular weight is 186 g/mol. The summed E-state index contributed by atoms with van der Waals surface area (Å²) in [5.74, 6) is 0.526. The van der Waals surface area contributed by atoms with Gasteiger partial charge < -0.3 is 4.74 Å². The van der Waals surface area contributed by atoms with Crippen molar-refractivity contribution in [2.45, 2.75) is 6.42 Å². The SMILES string of the molecule is C1=CN=C(C2=NC=CCC=C2)OC=C1. The largest absolute Gasteiger partial charge is 0.445 e. The molecule has 2 aliphatic rings. The molecule has 2 rings (SSSR count). The molecule has 14 heavy (non-hydrogen) atoms. The zero-order valence-electron chi connectivity index (χ0n) is 7.63. The van der Waals surface area contributed by atoms with Crippen LogP contribution in [0.2, 0.25) is 0 Å². The Hall–Kier alpha value is -1.90. The molecule has 0 aromatic heterocycles. The molecule has 3 nitrogen and oxygen atoms in total. The van der Waals surface area contributed by atoms with Crippen LogP contribution in [0.25, 0.3) is 0 Å². The summed E-state index contributed by atoms with van der Waals surface area (Å²) in [5.41, 5.74) is 0.745. The average Bonchev–Trinajstić information content (AvgIpc) is 2.62. The molecule has 0 atom stereocenters. The molecule has 70 valence electrons. The summed E-state index contributed by atoms with van der Waals surface area (Å²) in [5, 5.41) is 0. The molecular weight excluding hydrogens is 176 g/mol. The van der Waals surface area contributed by atoms with E-state index in [0.717, 1.165) is 12.1 Å². The first-order valence-corrected chi connectivity index (χ1v) is 4.43. The first-order valence-electron chi connectivity index (χ1n) is 4.43. The number of hydrogen-bond acceptors (Lipinski definition) is 3. The van der Waals surface area contributed by atoms with Crippen molar-refractivity contribution in [3.8, 4) is 0 Å². The Balaban J connectivity index is 2.25. The van der Waals surface area contributed by atoms with Crippen molar-refractivity contribution >= 4 is 11.6 Å². The fraction of sp³-hybridized carbons (Fsp3) is 0.0909. The lowest BCUT2D eigenvalue weighted by molar-refractivity contribution is 0.482. The lowest BCUT2D eigenvalue weighted by atomic mass is 10.3. The molecule has 0 spiro atoms. The zero-order valence-corrected chi connectivity index (χ0v) is 7.63. The van der Waals surface area contributed by atoms with Crippen molar-refractivity contribution < 1.29 is 4.74 Å². The monoisotopic (exact) mass is 186 g/mol. The van der Waals surface area contributed by atoms with Gasteiger partial charge in [-0.3, -0.25) is 4.99 Å². The van der Waals surface area contributed by atoms with Gasteiger partial charge in [-0.2, -0.15) is 0 Å². The summed E-state index contributed by atoms with van der Waals surface area (Å²) in [4.78, 5) is 8.34. The van der Waals surface area contributed by atoms with Gasteiger partial charge in [0.25, 0.3) is 0 Å². The Morgan fingerprint density at radius 2 is 2.07 bits per heavy atom. The van der Waals surface area contributed by atoms with E-state index in [0.29, 0.717) is 5.90 Å². The van der Waals surface area contributed by atoms with E-state index >= 15 is 0 Å². The minimum absolute atomic E-state index is 0.526. The number of allylic oxidation sites excluding steroid dienone is 4. The number of hydrogen-bond donors (Lipinski definition) is 0. The maximum Gasteiger partial charge on any atom is 0.244 e. The molecule has 0 radical (unpaired) electrons. The molecule has 0 aliphatic carbocycles. The van der Waals surface area contributed by atoms with Crippen molar-refractivity contribution in [3.63, 3.8) is 0 Å². The van der Waals surface area contributed by atoms with Gasteiger partial charge in [0.05, 0.1) is 6.26 Å². The highest BCUT2D eigenvalue weighted by atomic mass is 16.5. The van der Waals surface area contributed by atoms with E-state index in [2.05, 4.69) is 9.98 Å². The smallest absolute Gasteiger partial charge is 0.244 e. The van der Waals surface area contributed by atoms with Crippen LogP contribution < -0.4 is 0 Å². The molecule has 0 unspecified atom stereocenters. The molecular formula is C11H10N2O. The molecule has 0 bridgehead atoms. The summed E-state index contributed by atoms with van der Waals surface area (Å²) in [7, 11) is 0. The van der Waals surface area contributed by atoms with Crippen LogP contribution in [0.1, 0.15) is 6.42 Å². The highest BCUT2D eigenvalue weighted by Crippen LogP contribution is 2.02. The quantitative estimate of drug-likeness (QED) is 0.619. The lowest BCUT2D eigenvalue weighted by Crippen LogP contribution is -2.12. The minimum atomic E-state index is 0.526. The van der Waals surface area contributed by atoms with E-state index in [9.17, 15) is 0 Å². The maximum absolute atomic E-state index is 5.29. The molecule has 2 aliphatic heterocycles. The predicted molar refractivity (Wildman–Crippen MR) is 57.1 cm³/mol. The van der Waals surface area contributed by atoms with Gasteiger partial charge in [0, 0.05) is 12.4 Å². The van der Waals surface area contributed by atoms with Crippen LogP contribution in [-0.4, -0.2) is 11.6 Å². The fourth-order valence-electron chi connectivity index (χ4n) is 1.09. The van der Waals surface area contributed by atoms with Crippen LogP contribution in [0.5, 0.6) is 0 Å². The van der Waals surface area contributed by atoms with Gasteiger partial charge in [-0.05, 0) is 24.6 Å². The highest BCUT2D eigenvalue weighted by Gasteiger charge is 2.06. The molecule has 0 saturated carbocycles. The second-order valence-corrected chi connectivity index (χ2v) is 2.76. The number of aliphatic imine (C=N–C) groups is 2. The van der Waals surface area contributed by atoms with Crippen molar-refractivity contribution in [2.75, 3.05) is 0 Å². The minimum Gasteiger partial charge on any atom is -0.445 e. The third-order valence-corrected chi connectivity index (χ3v) is 1.73. The van der Waals surface area contributed by atoms with Crippen LogP contribution in [0, 0.1) is 0 Å². The third kappa shape index (κ3) is 2.07. The maximum atomic E-state index is 5.29. The van der Waals surface area contributed by atoms with Crippen LogP contribution in [0.4, 0.5) is 0 Å². The number of ether oxygens (including phenoxy) is 1. The van der Waals surface area contributed by atoms with Crippen molar-refractivity contribution in [1.82, 2.24) is 0 Å². The summed E-state index contributed by atoms with van der Waals surface area (Å²) in [6.07, 6.45) is 15.4. The molecule has 0 aromatic carbocycles. The van der Waals surface area contributed by atoms with E-state index in [1.54, 1.807) is 24.7 Å². The van der Waals surface area contributed by atoms with Crippen molar-refractivity contribution in [2.24, 2.45) is 9.98 Å². The van der Waals surface area contributed by atoms with Gasteiger partial charge in [-0.1, -0.05) is 12.2 Å². The van der Waals surface area contributed by atoms with Gasteiger partial charge in [-0.25, -0.2) is 4.99 Å². The van der Waals surface area contributed by atoms with Gasteiger partial charge in [0.2, 0.25) is 5.90 Å². The van der Waals surface area contributed by atoms with E-state index in [4.69, 9.17) is 4.74 Å². The summed E-state index contributed by atoms with van der Waals surface area (Å²) >= 11 is 0. The second-order valence-electron chi connectivity index (χ2n) is 2.76. The number of rotatable bonds is 1. The van der Waals surface area contributed by atoms with E-state index in [1.165, 1.54) is 0 Å². The van der Waals surface area contributed by atoms with Gasteiger partial charge in [0.1, 0.15) is 5.71 Å². The topological polar surface area (TPSA) is 34.0 Å². The highest BCUT2D eigenvalue weighted by molar-refractivity contribution is 6.43. The van der Waals surface area contributed by atoms with Crippen LogP contribution in [0.15, 0.2) is 59.0 Å². The summed E-state index contributed by atoms with van der Waals surface area (Å²) in [6, 6.07) is 0. The van der Waals surface area contributed by atoms with E-state index in [1.807, 2.05) is 24.3 Å². The first kappa shape index (κ1) is 8.69. The molecule has 0 aromatic rings. The molecule has 0 N–H and O–H groups in total. The normalized spacial score (nSPS) is 19.4. The Morgan fingerprint density at radius 1 is 1.07 bits per heavy atom. The zero-order chi connectivity index (χ0) is 9.64. The summed E-state index contributed by atoms with van der Waals surface area (Å²) in [6.45, 7) is 0. The Bertz CT molecular complexity index is 384. The van der Waals surface area contributed by atoms with Crippen molar-refractivity contribution in [1.29, 1.82) is 0 Å². The van der Waals surface area contributed by atoms with Crippen LogP contribution >= 0.6 is 0 Å². The third-order valence-electron chi connectivity index (χ3n) is 1.73. The molecule has 2 heterocycles. The van der Waals surface area contributed by atoms with Gasteiger partial charge in [-0.15, -0.1) is 0 Å². The fourth-order valence-corrected chi connectivity index (χ4v) is 1.09. The Morgan fingerprint density at radius 3 is 3.07 bits per heavy atom. The predicted octanol–water partition coefficient (Wildman–Crippen LogP) is 2.36. The standard InChI is InChI=1S/C11H10N2O/c1-2-6-10(12-7-3-1)11-13-8-4-5-9-14-11/h2-9H,1H2. The molecule has 0 fully saturated rings. The van der Waals surface area contributed by atoms with Crippen LogP contribution in [-0.2, 0) is 4.74 Å². The van der Waals surface area contributed by atoms with E-state index < -0.39 is 0 Å². The Kier molecular flexibility index (Phi) is 2.71. The van der Waals surface area contributed by atoms with Crippen LogP contribution in [0.3, 0.4) is 0 Å². The molecule has 3 heteroatoms. The van der Waals surface area contributed by atoms with Gasteiger partial charge >= 0.3 is 0 Å². The first-order chi connectivity index (χ1) is 6.97. The second kappa shape index (κ2) is 4.37. The van der Waals surface area contributed by atoms with Crippen molar-refractivity contribution in [3.05, 3.63) is 49.0 Å². The summed E-state index contributed by atoms with van der Waals surface area (Å²) < 4.78 is 5.29. The van der Waals surface area contributed by atoms with Gasteiger partial charge in [0.15, 0.2) is 0 Å². The van der Waals surface area contributed by atoms with E-state index in [-0.39, 0.29) is 0 Å². The molecule has 0 saturated heterocycles. The number of nitrogens with zero attached hydrogens (tertiary/aromatic N) is 2.